The van der Waals surface area contributed by atoms with Crippen LogP contribution in [-0.4, -0.2) is 13.7 Å². The van der Waals surface area contributed by atoms with E-state index in [1.165, 1.54) is 11.1 Å². The lowest BCUT2D eigenvalue weighted by Gasteiger charge is -2.13. The summed E-state index contributed by atoms with van der Waals surface area (Å²) in [6, 6.07) is 8.54. The molecule has 0 fully saturated rings. The number of allylic oxidation sites excluding steroid dienone is 1. The van der Waals surface area contributed by atoms with E-state index in [9.17, 15) is 0 Å². The first-order valence-electron chi connectivity index (χ1n) is 5.64. The molecule has 0 aliphatic heterocycles. The molecule has 16 heavy (non-hydrogen) atoms. The van der Waals surface area contributed by atoms with Crippen molar-refractivity contribution < 1.29 is 4.74 Å². The van der Waals surface area contributed by atoms with Gasteiger partial charge in [-0.3, -0.25) is 0 Å². The zero-order valence-electron chi connectivity index (χ0n) is 10.6. The largest absolute Gasteiger partial charge is 0.497 e. The first kappa shape index (κ1) is 12.8. The Bertz CT molecular complexity index is 336. The van der Waals surface area contributed by atoms with E-state index in [1.807, 2.05) is 12.1 Å². The standard InChI is InChI=1S/C14H21NO/c1-11(2)9-10-15-12(3)13-5-7-14(16-4)8-6-13/h5-9,12,15H,10H2,1-4H3/t12-/m0/s1. The molecule has 1 atom stereocenters. The fourth-order valence-corrected chi connectivity index (χ4v) is 1.45. The maximum Gasteiger partial charge on any atom is 0.118 e. The van der Waals surface area contributed by atoms with Gasteiger partial charge < -0.3 is 10.1 Å². The normalized spacial score (nSPS) is 12.0. The Morgan fingerprint density at radius 1 is 1.31 bits per heavy atom. The summed E-state index contributed by atoms with van der Waals surface area (Å²) in [6.45, 7) is 7.30. The summed E-state index contributed by atoms with van der Waals surface area (Å²) in [7, 11) is 1.69. The Morgan fingerprint density at radius 2 is 1.94 bits per heavy atom. The van der Waals surface area contributed by atoms with Crippen LogP contribution >= 0.6 is 0 Å². The summed E-state index contributed by atoms with van der Waals surface area (Å²) in [5, 5.41) is 3.45. The summed E-state index contributed by atoms with van der Waals surface area (Å²) in [4.78, 5) is 0. The molecule has 0 amide bonds. The van der Waals surface area contributed by atoms with Crippen molar-refractivity contribution in [1.29, 1.82) is 0 Å². The minimum atomic E-state index is 0.363. The second-order valence-corrected chi connectivity index (χ2v) is 4.18. The fourth-order valence-electron chi connectivity index (χ4n) is 1.45. The predicted molar refractivity (Wildman–Crippen MR) is 68.8 cm³/mol. The molecule has 0 spiro atoms. The lowest BCUT2D eigenvalue weighted by molar-refractivity contribution is 0.414. The van der Waals surface area contributed by atoms with E-state index in [0.29, 0.717) is 6.04 Å². The number of hydrogen-bond donors (Lipinski definition) is 1. The topological polar surface area (TPSA) is 21.3 Å². The summed E-state index contributed by atoms with van der Waals surface area (Å²) in [5.41, 5.74) is 2.62. The zero-order valence-corrected chi connectivity index (χ0v) is 10.6. The van der Waals surface area contributed by atoms with Crippen LogP contribution < -0.4 is 10.1 Å². The minimum absolute atomic E-state index is 0.363. The van der Waals surface area contributed by atoms with Crippen molar-refractivity contribution in [1.82, 2.24) is 5.32 Å². The summed E-state index contributed by atoms with van der Waals surface area (Å²) >= 11 is 0. The highest BCUT2D eigenvalue weighted by atomic mass is 16.5. The lowest BCUT2D eigenvalue weighted by atomic mass is 10.1. The van der Waals surface area contributed by atoms with Crippen LogP contribution in [0.25, 0.3) is 0 Å². The molecule has 0 aliphatic rings. The Morgan fingerprint density at radius 3 is 2.44 bits per heavy atom. The van der Waals surface area contributed by atoms with Crippen LogP contribution in [0.15, 0.2) is 35.9 Å². The van der Waals surface area contributed by atoms with Crippen molar-refractivity contribution in [2.24, 2.45) is 0 Å². The molecule has 0 aliphatic carbocycles. The van der Waals surface area contributed by atoms with Gasteiger partial charge in [-0.25, -0.2) is 0 Å². The van der Waals surface area contributed by atoms with Gasteiger partial charge in [0.05, 0.1) is 7.11 Å². The molecule has 0 radical (unpaired) electrons. The first-order chi connectivity index (χ1) is 7.63. The van der Waals surface area contributed by atoms with Crippen molar-refractivity contribution in [2.75, 3.05) is 13.7 Å². The predicted octanol–water partition coefficient (Wildman–Crippen LogP) is 3.31. The molecule has 1 aromatic rings. The summed E-state index contributed by atoms with van der Waals surface area (Å²) in [5.74, 6) is 0.903. The second kappa shape index (κ2) is 6.33. The van der Waals surface area contributed by atoms with Gasteiger partial charge in [0.15, 0.2) is 0 Å². The molecule has 88 valence electrons. The van der Waals surface area contributed by atoms with E-state index in [4.69, 9.17) is 4.74 Å². The van der Waals surface area contributed by atoms with Gasteiger partial charge in [-0.1, -0.05) is 23.8 Å². The number of rotatable bonds is 5. The fraction of sp³-hybridized carbons (Fsp3) is 0.429. The SMILES string of the molecule is COc1ccc([C@H](C)NCC=C(C)C)cc1. The maximum absolute atomic E-state index is 5.13. The van der Waals surface area contributed by atoms with E-state index in [0.717, 1.165) is 12.3 Å². The van der Waals surface area contributed by atoms with E-state index >= 15 is 0 Å². The molecule has 0 aromatic heterocycles. The van der Waals surface area contributed by atoms with E-state index < -0.39 is 0 Å². The average Bonchev–Trinajstić information content (AvgIpc) is 2.28. The molecule has 1 aromatic carbocycles. The average molecular weight is 219 g/mol. The van der Waals surface area contributed by atoms with Gasteiger partial charge in [0.2, 0.25) is 0 Å². The molecule has 0 heterocycles. The van der Waals surface area contributed by atoms with Gasteiger partial charge in [0, 0.05) is 12.6 Å². The van der Waals surface area contributed by atoms with Crippen LogP contribution in [-0.2, 0) is 0 Å². The van der Waals surface area contributed by atoms with Crippen molar-refractivity contribution >= 4 is 0 Å². The molecule has 1 N–H and O–H groups in total. The molecule has 0 unspecified atom stereocenters. The molecule has 0 saturated heterocycles. The third kappa shape index (κ3) is 4.07. The zero-order chi connectivity index (χ0) is 12.0. The molecular weight excluding hydrogens is 198 g/mol. The summed E-state index contributed by atoms with van der Waals surface area (Å²) in [6.07, 6.45) is 2.19. The van der Waals surface area contributed by atoms with Crippen molar-refractivity contribution in [2.45, 2.75) is 26.8 Å². The van der Waals surface area contributed by atoms with Crippen LogP contribution in [0.2, 0.25) is 0 Å². The third-order valence-corrected chi connectivity index (χ3v) is 2.55. The van der Waals surface area contributed by atoms with E-state index in [1.54, 1.807) is 7.11 Å². The molecular formula is C14H21NO. The summed E-state index contributed by atoms with van der Waals surface area (Å²) < 4.78 is 5.13. The first-order valence-corrected chi connectivity index (χ1v) is 5.64. The van der Waals surface area contributed by atoms with Gasteiger partial charge in [-0.15, -0.1) is 0 Å². The quantitative estimate of drug-likeness (QED) is 0.767. The number of nitrogens with one attached hydrogen (secondary N) is 1. The maximum atomic E-state index is 5.13. The number of hydrogen-bond acceptors (Lipinski definition) is 2. The van der Waals surface area contributed by atoms with E-state index in [-0.39, 0.29) is 0 Å². The van der Waals surface area contributed by atoms with Gasteiger partial charge in [0.1, 0.15) is 5.75 Å². The van der Waals surface area contributed by atoms with Crippen LogP contribution in [0.1, 0.15) is 32.4 Å². The highest BCUT2D eigenvalue weighted by Gasteiger charge is 2.03. The van der Waals surface area contributed by atoms with Gasteiger partial charge in [-0.2, -0.15) is 0 Å². The molecule has 0 bridgehead atoms. The Hall–Kier alpha value is -1.28. The van der Waals surface area contributed by atoms with Gasteiger partial charge >= 0.3 is 0 Å². The smallest absolute Gasteiger partial charge is 0.118 e. The molecule has 2 nitrogen and oxygen atoms in total. The number of ether oxygens (including phenoxy) is 1. The lowest BCUT2D eigenvalue weighted by Crippen LogP contribution is -2.18. The van der Waals surface area contributed by atoms with Crippen LogP contribution in [0.5, 0.6) is 5.75 Å². The van der Waals surface area contributed by atoms with Crippen molar-refractivity contribution in [3.05, 3.63) is 41.5 Å². The number of methoxy groups -OCH3 is 1. The monoisotopic (exact) mass is 219 g/mol. The van der Waals surface area contributed by atoms with Crippen LogP contribution in [0.4, 0.5) is 0 Å². The third-order valence-electron chi connectivity index (χ3n) is 2.55. The van der Waals surface area contributed by atoms with Crippen LogP contribution in [0.3, 0.4) is 0 Å². The molecule has 0 saturated carbocycles. The molecule has 1 rings (SSSR count). The van der Waals surface area contributed by atoms with Gasteiger partial charge in [-0.05, 0) is 38.5 Å². The second-order valence-electron chi connectivity index (χ2n) is 4.18. The van der Waals surface area contributed by atoms with E-state index in [2.05, 4.69) is 44.3 Å². The highest BCUT2D eigenvalue weighted by molar-refractivity contribution is 5.28. The van der Waals surface area contributed by atoms with Crippen LogP contribution in [0, 0.1) is 0 Å². The Balaban J connectivity index is 2.52. The Kier molecular flexibility index (Phi) is 5.06. The Labute approximate surface area is 98.3 Å². The highest BCUT2D eigenvalue weighted by Crippen LogP contribution is 2.16. The van der Waals surface area contributed by atoms with Crippen molar-refractivity contribution in [3.8, 4) is 5.75 Å². The molecule has 2 heteroatoms. The van der Waals surface area contributed by atoms with Gasteiger partial charge in [0.25, 0.3) is 0 Å². The minimum Gasteiger partial charge on any atom is -0.497 e. The number of benzene rings is 1. The van der Waals surface area contributed by atoms with Crippen molar-refractivity contribution in [3.63, 3.8) is 0 Å².